The van der Waals surface area contributed by atoms with Gasteiger partial charge in [-0.3, -0.25) is 4.79 Å². The number of amides is 1. The smallest absolute Gasteiger partial charge is 0.222 e. The number of likely N-dealkylation sites (tertiary alicyclic amines) is 2. The molecule has 5 rings (SSSR count). The van der Waals surface area contributed by atoms with Gasteiger partial charge in [-0.1, -0.05) is 11.6 Å². The molecule has 172 valence electrons. The third-order valence-corrected chi connectivity index (χ3v) is 7.92. The highest BCUT2D eigenvalue weighted by molar-refractivity contribution is 7.11. The van der Waals surface area contributed by atoms with Crippen molar-refractivity contribution in [1.82, 2.24) is 9.80 Å². The van der Waals surface area contributed by atoms with Crippen molar-refractivity contribution < 1.29 is 9.53 Å². The fourth-order valence-electron chi connectivity index (χ4n) is 5.04. The van der Waals surface area contributed by atoms with E-state index in [0.29, 0.717) is 18.9 Å². The van der Waals surface area contributed by atoms with Gasteiger partial charge in [0.1, 0.15) is 12.4 Å². The molecule has 3 aliphatic rings. The molecule has 0 N–H and O–H groups in total. The Morgan fingerprint density at radius 3 is 2.62 bits per heavy atom. The zero-order valence-electron chi connectivity index (χ0n) is 18.9. The lowest BCUT2D eigenvalue weighted by atomic mass is 9.89. The highest BCUT2D eigenvalue weighted by atomic mass is 35.5. The molecule has 32 heavy (non-hydrogen) atoms. The quantitative estimate of drug-likeness (QED) is 0.588. The second-order valence-corrected chi connectivity index (χ2v) is 10.0. The van der Waals surface area contributed by atoms with Gasteiger partial charge in [0, 0.05) is 54.2 Å². The van der Waals surface area contributed by atoms with Crippen LogP contribution in [-0.4, -0.2) is 48.9 Å². The summed E-state index contributed by atoms with van der Waals surface area (Å²) in [5.74, 6) is 1.29. The summed E-state index contributed by atoms with van der Waals surface area (Å²) in [6.07, 6.45) is 7.17. The van der Waals surface area contributed by atoms with Gasteiger partial charge in [-0.2, -0.15) is 0 Å². The highest BCUT2D eigenvalue weighted by Gasteiger charge is 2.25. The third-order valence-electron chi connectivity index (χ3n) is 6.95. The molecule has 4 nitrogen and oxygen atoms in total. The van der Waals surface area contributed by atoms with Crippen LogP contribution in [0.5, 0.6) is 5.75 Å². The van der Waals surface area contributed by atoms with Gasteiger partial charge >= 0.3 is 0 Å². The molecule has 0 unspecified atom stereocenters. The summed E-state index contributed by atoms with van der Waals surface area (Å²) in [4.78, 5) is 18.5. The van der Waals surface area contributed by atoms with Crippen LogP contribution in [0.4, 0.5) is 0 Å². The van der Waals surface area contributed by atoms with Crippen molar-refractivity contribution in [1.29, 1.82) is 0 Å². The molecule has 2 aromatic rings. The number of carbonyl (C=O) groups is 1. The van der Waals surface area contributed by atoms with Crippen molar-refractivity contribution in [2.75, 3.05) is 33.2 Å². The van der Waals surface area contributed by atoms with Crippen molar-refractivity contribution in [3.63, 3.8) is 0 Å². The van der Waals surface area contributed by atoms with Gasteiger partial charge in [0.05, 0.1) is 0 Å². The maximum Gasteiger partial charge on any atom is 0.222 e. The van der Waals surface area contributed by atoms with Crippen LogP contribution in [0.2, 0.25) is 0 Å². The Kier molecular flexibility index (Phi) is 7.59. The average molecular weight is 473 g/mol. The fourth-order valence-corrected chi connectivity index (χ4v) is 6.06. The van der Waals surface area contributed by atoms with E-state index in [-0.39, 0.29) is 12.4 Å². The number of thiophene rings is 1. The minimum atomic E-state index is 0. The molecular formula is C26H33ClN2O2S. The highest BCUT2D eigenvalue weighted by Crippen LogP contribution is 2.43. The minimum Gasteiger partial charge on any atom is -0.488 e. The summed E-state index contributed by atoms with van der Waals surface area (Å²) in [5.41, 5.74) is 6.71. The van der Waals surface area contributed by atoms with E-state index in [0.717, 1.165) is 64.0 Å². The molecule has 1 amide bonds. The van der Waals surface area contributed by atoms with E-state index >= 15 is 0 Å². The lowest BCUT2D eigenvalue weighted by molar-refractivity contribution is -0.132. The molecule has 0 atom stereocenters. The molecule has 0 aliphatic carbocycles. The van der Waals surface area contributed by atoms with Gasteiger partial charge in [0.25, 0.3) is 0 Å². The minimum absolute atomic E-state index is 0. The predicted molar refractivity (Wildman–Crippen MR) is 134 cm³/mol. The number of carbonyl (C=O) groups excluding carboxylic acids is 1. The van der Waals surface area contributed by atoms with Gasteiger partial charge in [-0.25, -0.2) is 0 Å². The van der Waals surface area contributed by atoms with E-state index in [2.05, 4.69) is 46.5 Å². The standard InChI is InChI=1S/C26H32N2O2S.ClH/c1-27-14-9-20(10-15-27)25-22-17-19(6-8-24(29)28-12-3-2-4-13-28)5-7-23(22)30-18-21-11-16-31-26(21)25;/h5,7,11,16-17H,2-4,6,8-10,12-15,18H2,1H3;1H. The van der Waals surface area contributed by atoms with Crippen LogP contribution in [0, 0.1) is 0 Å². The first kappa shape index (κ1) is 23.3. The number of ether oxygens (including phenoxy) is 1. The van der Waals surface area contributed by atoms with Gasteiger partial charge in [0.2, 0.25) is 5.91 Å². The Morgan fingerprint density at radius 1 is 1.06 bits per heavy atom. The fraction of sp³-hybridized carbons (Fsp3) is 0.500. The van der Waals surface area contributed by atoms with Crippen LogP contribution in [0.3, 0.4) is 0 Å². The molecule has 1 aromatic heterocycles. The Balaban J connectivity index is 0.00000245. The van der Waals surface area contributed by atoms with Gasteiger partial charge in [-0.05, 0) is 74.7 Å². The van der Waals surface area contributed by atoms with Gasteiger partial charge in [0.15, 0.2) is 0 Å². The molecule has 4 heterocycles. The molecule has 0 saturated carbocycles. The zero-order valence-corrected chi connectivity index (χ0v) is 20.5. The molecule has 2 saturated heterocycles. The topological polar surface area (TPSA) is 32.8 Å². The molecule has 3 aliphatic heterocycles. The van der Waals surface area contributed by atoms with Crippen LogP contribution in [-0.2, 0) is 17.8 Å². The number of fused-ring (bicyclic) bond motifs is 2. The number of benzene rings is 1. The third kappa shape index (κ3) is 4.90. The second-order valence-electron chi connectivity index (χ2n) is 9.12. The Labute approximate surface area is 201 Å². The summed E-state index contributed by atoms with van der Waals surface area (Å²) >= 11 is 1.84. The maximum absolute atomic E-state index is 12.7. The van der Waals surface area contributed by atoms with E-state index in [1.54, 1.807) is 5.57 Å². The number of hydrogen-bond acceptors (Lipinski definition) is 4. The molecule has 1 aromatic carbocycles. The van der Waals surface area contributed by atoms with Crippen molar-refractivity contribution in [2.45, 2.75) is 51.6 Å². The number of nitrogens with zero attached hydrogens (tertiary/aromatic N) is 2. The van der Waals surface area contributed by atoms with Crippen molar-refractivity contribution in [2.24, 2.45) is 0 Å². The lowest BCUT2D eigenvalue weighted by Gasteiger charge is -2.27. The lowest BCUT2D eigenvalue weighted by Crippen LogP contribution is -2.35. The first-order chi connectivity index (χ1) is 15.2. The van der Waals surface area contributed by atoms with E-state index < -0.39 is 0 Å². The van der Waals surface area contributed by atoms with E-state index in [9.17, 15) is 4.79 Å². The molecule has 0 bridgehead atoms. The van der Waals surface area contributed by atoms with Gasteiger partial charge in [-0.15, -0.1) is 23.7 Å². The SMILES string of the molecule is CN1CCC(=C2c3cc(CCC(=O)N4CCCCC4)ccc3OCc3ccsc32)CC1.Cl. The first-order valence-corrected chi connectivity index (χ1v) is 12.6. The zero-order chi connectivity index (χ0) is 21.2. The maximum atomic E-state index is 12.7. The Morgan fingerprint density at radius 2 is 1.84 bits per heavy atom. The van der Waals surface area contributed by atoms with Crippen molar-refractivity contribution in [3.8, 4) is 5.75 Å². The summed E-state index contributed by atoms with van der Waals surface area (Å²) in [7, 11) is 2.21. The molecule has 0 radical (unpaired) electrons. The molecule has 0 spiro atoms. The number of hydrogen-bond donors (Lipinski definition) is 0. The van der Waals surface area contributed by atoms with Crippen LogP contribution in [0.1, 0.15) is 60.1 Å². The summed E-state index contributed by atoms with van der Waals surface area (Å²) in [6, 6.07) is 8.79. The van der Waals surface area contributed by atoms with Crippen molar-refractivity contribution >= 4 is 35.2 Å². The normalized spacial score (nSPS) is 18.8. The molecule has 6 heteroatoms. The van der Waals surface area contributed by atoms with Crippen LogP contribution < -0.4 is 4.74 Å². The number of aryl methyl sites for hydroxylation is 1. The first-order valence-electron chi connectivity index (χ1n) is 11.7. The number of halogens is 1. The van der Waals surface area contributed by atoms with E-state index in [1.165, 1.54) is 33.6 Å². The average Bonchev–Trinajstić information content (AvgIpc) is 3.21. The summed E-state index contributed by atoms with van der Waals surface area (Å²) in [5, 5.41) is 2.19. The van der Waals surface area contributed by atoms with Crippen LogP contribution in [0.25, 0.3) is 5.57 Å². The van der Waals surface area contributed by atoms with E-state index in [1.807, 2.05) is 11.3 Å². The van der Waals surface area contributed by atoms with Gasteiger partial charge < -0.3 is 14.5 Å². The predicted octanol–water partition coefficient (Wildman–Crippen LogP) is 5.53. The van der Waals surface area contributed by atoms with Crippen LogP contribution >= 0.6 is 23.7 Å². The van der Waals surface area contributed by atoms with Crippen LogP contribution in [0.15, 0.2) is 35.2 Å². The largest absolute Gasteiger partial charge is 0.488 e. The number of piperidine rings is 2. The molecule has 2 fully saturated rings. The summed E-state index contributed by atoms with van der Waals surface area (Å²) < 4.78 is 6.24. The van der Waals surface area contributed by atoms with Crippen molar-refractivity contribution in [3.05, 3.63) is 56.8 Å². The monoisotopic (exact) mass is 472 g/mol. The second kappa shape index (κ2) is 10.4. The van der Waals surface area contributed by atoms with E-state index in [4.69, 9.17) is 4.74 Å². The Hall–Kier alpha value is -1.82. The number of rotatable bonds is 3. The summed E-state index contributed by atoms with van der Waals surface area (Å²) in [6.45, 7) is 4.72. The molecular weight excluding hydrogens is 440 g/mol. The Bertz CT molecular complexity index is 983.